The molecule has 2 amide bonds. The Hall–Kier alpha value is -5.89. The maximum Gasteiger partial charge on any atom is 0.418 e. The summed E-state index contributed by atoms with van der Waals surface area (Å²) in [6, 6.07) is 16.9. The third-order valence-electron chi connectivity index (χ3n) is 10.6. The molecule has 5 heterocycles. The summed E-state index contributed by atoms with van der Waals surface area (Å²) in [6.07, 6.45) is 2.16. The van der Waals surface area contributed by atoms with E-state index in [1.54, 1.807) is 61.4 Å². The zero-order valence-corrected chi connectivity index (χ0v) is 34.9. The number of aldehydes is 1. The molecule has 0 unspecified atom stereocenters. The summed E-state index contributed by atoms with van der Waals surface area (Å²) in [6.45, 7) is 13.5. The Labute approximate surface area is 348 Å². The van der Waals surface area contributed by atoms with Crippen molar-refractivity contribution in [2.24, 2.45) is 5.41 Å². The van der Waals surface area contributed by atoms with E-state index in [2.05, 4.69) is 25.5 Å². The van der Waals surface area contributed by atoms with Gasteiger partial charge in [-0.25, -0.2) is 9.37 Å². The zero-order chi connectivity index (χ0) is 43.6. The summed E-state index contributed by atoms with van der Waals surface area (Å²) >= 11 is 0. The Balaban J connectivity index is 0.000000282. The van der Waals surface area contributed by atoms with Crippen molar-refractivity contribution in [3.8, 4) is 0 Å². The lowest BCUT2D eigenvalue weighted by atomic mass is 9.73. The van der Waals surface area contributed by atoms with Gasteiger partial charge in [0, 0.05) is 73.5 Å². The Morgan fingerprint density at radius 1 is 0.933 bits per heavy atom. The van der Waals surface area contributed by atoms with E-state index in [0.717, 1.165) is 80.5 Å². The first-order valence-electron chi connectivity index (χ1n) is 20.1. The second-order valence-corrected chi connectivity index (χ2v) is 14.7. The predicted molar refractivity (Wildman–Crippen MR) is 228 cm³/mol. The average molecular weight is 829 g/mol. The van der Waals surface area contributed by atoms with Crippen LogP contribution in [0.5, 0.6) is 0 Å². The molecule has 0 aliphatic carbocycles. The zero-order valence-electron chi connectivity index (χ0n) is 34.9. The highest BCUT2D eigenvalue weighted by Crippen LogP contribution is 2.42. The molecule has 0 atom stereocenters. The smallest absolute Gasteiger partial charge is 0.388 e. The predicted octanol–water partition coefficient (Wildman–Crippen LogP) is 9.84. The molecule has 10 nitrogen and oxygen atoms in total. The normalized spacial score (nSPS) is 15.8. The number of hydrogen-bond donors (Lipinski definition) is 2. The minimum Gasteiger partial charge on any atom is -0.388 e. The number of rotatable bonds is 8. The molecule has 0 bridgehead atoms. The number of para-hydroxylation sites is 1. The van der Waals surface area contributed by atoms with Crippen molar-refractivity contribution < 1.29 is 36.7 Å². The molecule has 3 aliphatic rings. The van der Waals surface area contributed by atoms with Gasteiger partial charge in [0.1, 0.15) is 11.6 Å². The van der Waals surface area contributed by atoms with E-state index >= 15 is 0 Å². The van der Waals surface area contributed by atoms with Gasteiger partial charge in [-0.1, -0.05) is 32.9 Å². The first kappa shape index (κ1) is 45.2. The van der Waals surface area contributed by atoms with Crippen LogP contribution in [0.3, 0.4) is 0 Å². The van der Waals surface area contributed by atoms with Crippen LogP contribution < -0.4 is 20.4 Å². The number of pyridine rings is 2. The molecule has 14 heteroatoms. The van der Waals surface area contributed by atoms with E-state index in [1.807, 2.05) is 45.9 Å². The Bertz CT molecular complexity index is 2220. The molecule has 2 saturated heterocycles. The number of anilines is 4. The first-order chi connectivity index (χ1) is 28.7. The highest BCUT2D eigenvalue weighted by Gasteiger charge is 2.45. The third-order valence-corrected chi connectivity index (χ3v) is 10.6. The molecule has 318 valence electrons. The molecule has 0 radical (unpaired) electrons. The largest absolute Gasteiger partial charge is 0.418 e. The maximum atomic E-state index is 14.3. The molecule has 60 heavy (non-hydrogen) atoms. The molecule has 2 fully saturated rings. The fraction of sp³-hybridized carbons (Fsp3) is 0.370. The van der Waals surface area contributed by atoms with E-state index in [-0.39, 0.29) is 24.4 Å². The number of aryl methyl sites for hydroxylation is 2. The van der Waals surface area contributed by atoms with Gasteiger partial charge >= 0.3 is 6.18 Å². The average Bonchev–Trinajstić information content (AvgIpc) is 3.41. The number of carbonyl (C=O) groups excluding carboxylic acids is 3. The summed E-state index contributed by atoms with van der Waals surface area (Å²) in [5.41, 5.74) is 3.87. The van der Waals surface area contributed by atoms with Crippen LogP contribution in [0, 0.1) is 25.1 Å². The summed E-state index contributed by atoms with van der Waals surface area (Å²) in [4.78, 5) is 50.5. The second kappa shape index (κ2) is 19.9. The van der Waals surface area contributed by atoms with Crippen molar-refractivity contribution in [2.75, 3.05) is 60.3 Å². The number of aromatic nitrogens is 2. The minimum absolute atomic E-state index is 0.152. The van der Waals surface area contributed by atoms with Crippen LogP contribution in [0.2, 0.25) is 0 Å². The van der Waals surface area contributed by atoms with Crippen LogP contribution in [-0.2, 0) is 15.7 Å². The van der Waals surface area contributed by atoms with Gasteiger partial charge < -0.3 is 25.2 Å². The number of amides is 2. The molecule has 4 aromatic rings. The van der Waals surface area contributed by atoms with Gasteiger partial charge in [-0.3, -0.25) is 19.4 Å². The molecular formula is C46H52F4N6O4. The van der Waals surface area contributed by atoms with E-state index in [4.69, 9.17) is 4.74 Å². The molecule has 7 rings (SSSR count). The lowest BCUT2D eigenvalue weighted by molar-refractivity contribution is -0.137. The summed E-state index contributed by atoms with van der Waals surface area (Å²) in [5.74, 6) is -1.40. The molecule has 0 saturated carbocycles. The number of ether oxygens (including phenoxy) is 1. The van der Waals surface area contributed by atoms with Gasteiger partial charge in [-0.05, 0) is 112 Å². The summed E-state index contributed by atoms with van der Waals surface area (Å²) < 4.78 is 60.0. The van der Waals surface area contributed by atoms with Crippen molar-refractivity contribution in [1.29, 1.82) is 0 Å². The fourth-order valence-corrected chi connectivity index (χ4v) is 7.34. The van der Waals surface area contributed by atoms with Crippen LogP contribution in [0.4, 0.5) is 40.4 Å². The van der Waals surface area contributed by atoms with Crippen LogP contribution in [0.15, 0.2) is 84.0 Å². The number of nitrogens with zero attached hydrogens (tertiary/aromatic N) is 4. The lowest BCUT2D eigenvalue weighted by Crippen LogP contribution is -2.59. The number of benzene rings is 2. The Morgan fingerprint density at radius 2 is 1.60 bits per heavy atom. The van der Waals surface area contributed by atoms with Crippen molar-refractivity contribution >= 4 is 47.1 Å². The van der Waals surface area contributed by atoms with Crippen LogP contribution in [0.1, 0.15) is 89.8 Å². The molecular weight excluding hydrogens is 777 g/mol. The van der Waals surface area contributed by atoms with Gasteiger partial charge in [0.2, 0.25) is 0 Å². The molecule has 2 aromatic heterocycles. The van der Waals surface area contributed by atoms with Gasteiger partial charge in [-0.15, -0.1) is 0 Å². The van der Waals surface area contributed by atoms with E-state index in [1.165, 1.54) is 0 Å². The van der Waals surface area contributed by atoms with Crippen molar-refractivity contribution in [1.82, 2.24) is 9.97 Å². The number of allylic oxidation sites excluding steroid dienone is 1. The highest BCUT2D eigenvalue weighted by molar-refractivity contribution is 6.08. The van der Waals surface area contributed by atoms with E-state index in [9.17, 15) is 31.9 Å². The van der Waals surface area contributed by atoms with Crippen LogP contribution in [-0.4, -0.2) is 68.0 Å². The van der Waals surface area contributed by atoms with Gasteiger partial charge in [0.25, 0.3) is 11.8 Å². The minimum atomic E-state index is -4.85. The molecule has 2 N–H and O–H groups in total. The topological polar surface area (TPSA) is 117 Å². The monoisotopic (exact) mass is 828 g/mol. The van der Waals surface area contributed by atoms with Gasteiger partial charge in [0.15, 0.2) is 6.29 Å². The number of alkyl halides is 3. The molecule has 2 aromatic carbocycles. The van der Waals surface area contributed by atoms with Crippen LogP contribution >= 0.6 is 0 Å². The third kappa shape index (κ3) is 10.6. The summed E-state index contributed by atoms with van der Waals surface area (Å²) in [5, 5.41) is 5.13. The highest BCUT2D eigenvalue weighted by atomic mass is 19.4. The Morgan fingerprint density at radius 3 is 2.23 bits per heavy atom. The van der Waals surface area contributed by atoms with E-state index < -0.39 is 29.2 Å². The van der Waals surface area contributed by atoms with Gasteiger partial charge in [0.05, 0.1) is 28.2 Å². The van der Waals surface area contributed by atoms with Crippen molar-refractivity contribution in [3.05, 3.63) is 124 Å². The molecule has 3 aliphatic heterocycles. The number of fused-ring (bicyclic) bond motifs is 1. The number of hydrogen-bond acceptors (Lipinski definition) is 8. The fourth-order valence-electron chi connectivity index (χ4n) is 7.34. The van der Waals surface area contributed by atoms with Crippen LogP contribution in [0.25, 0.3) is 6.08 Å². The standard InChI is InChI=1S/C30H28F4N4O2.C14H18N2O2.C2H6/c1-4-20(28(39)37-27-23(30(32,33)34)6-5-7-24(27)31)16-19-14-15-38(26-13-8-18(2)36-25(26)17-19)29(40)21-9-11-22(35-3)12-10-21;1-11-2-3-12(8-17)13(15-11)16-9-14(10-16)4-6-18-7-5-14;1-2/h5-13,16-17,35H,4,14-15H2,1-3H3,(H,37,39);2-3,8H,4-7,9-10H2,1H3;1-2H3/b20-16+;;. The Kier molecular flexibility index (Phi) is 15.0. The van der Waals surface area contributed by atoms with Gasteiger partial charge in [-0.2, -0.15) is 13.2 Å². The quantitative estimate of drug-likeness (QED) is 0.103. The summed E-state index contributed by atoms with van der Waals surface area (Å²) in [7, 11) is 1.78. The maximum absolute atomic E-state index is 14.3. The SMILES string of the molecule is CC.CC/C(=C\C1=Cc2nc(C)ccc2N(C(=O)c2ccc(NC)cc2)CC1)C(=O)Nc1c(F)cccc1C(F)(F)F.Cc1ccc(C=O)c(N2CC3(CCOCC3)C2)n1. The number of halogens is 4. The van der Waals surface area contributed by atoms with Crippen molar-refractivity contribution in [2.45, 2.75) is 66.5 Å². The molecule has 1 spiro atoms. The first-order valence-corrected chi connectivity index (χ1v) is 20.1. The lowest BCUT2D eigenvalue weighted by Gasteiger charge is -2.53. The second-order valence-electron chi connectivity index (χ2n) is 14.7. The number of nitrogens with one attached hydrogen (secondary N) is 2. The number of carbonyl (C=O) groups is 3. The van der Waals surface area contributed by atoms with Crippen molar-refractivity contribution in [3.63, 3.8) is 0 Å². The van der Waals surface area contributed by atoms with E-state index in [0.29, 0.717) is 46.0 Å².